The van der Waals surface area contributed by atoms with Gasteiger partial charge in [0.2, 0.25) is 0 Å². The number of benzene rings is 1. The highest BCUT2D eigenvalue weighted by Gasteiger charge is 2.15. The first kappa shape index (κ1) is 11.5. The molecule has 0 aliphatic rings. The molecule has 0 aliphatic heterocycles. The van der Waals surface area contributed by atoms with Crippen LogP contribution in [0.3, 0.4) is 0 Å². The molecule has 0 saturated carbocycles. The molecule has 0 heterocycles. The van der Waals surface area contributed by atoms with E-state index in [0.29, 0.717) is 0 Å². The molecule has 82 valence electrons. The third kappa shape index (κ3) is 2.70. The third-order valence-corrected chi connectivity index (χ3v) is 2.21. The van der Waals surface area contributed by atoms with E-state index in [1.807, 2.05) is 32.0 Å². The number of para-hydroxylation sites is 1. The van der Waals surface area contributed by atoms with E-state index in [-0.39, 0.29) is 5.91 Å². The molecule has 0 aliphatic carbocycles. The summed E-state index contributed by atoms with van der Waals surface area (Å²) in [5, 5.41) is 0. The average Bonchev–Trinajstić information content (AvgIpc) is 2.22. The van der Waals surface area contributed by atoms with Crippen molar-refractivity contribution in [1.29, 1.82) is 0 Å². The molecule has 1 amide bonds. The van der Waals surface area contributed by atoms with Crippen LogP contribution < -0.4 is 16.0 Å². The molecule has 1 atom stereocenters. The Hall–Kier alpha value is -1.55. The molecule has 1 aromatic carbocycles. The summed E-state index contributed by atoms with van der Waals surface area (Å²) in [4.78, 5) is 11.2. The van der Waals surface area contributed by atoms with Crippen molar-refractivity contribution in [3.63, 3.8) is 0 Å². The minimum absolute atomic E-state index is 0.336. The Kier molecular flexibility index (Phi) is 3.68. The molecule has 0 spiro atoms. The maximum Gasteiger partial charge on any atom is 0.274 e. The zero-order valence-corrected chi connectivity index (χ0v) is 9.20. The van der Waals surface area contributed by atoms with Crippen LogP contribution in [0.15, 0.2) is 18.2 Å². The second-order valence-electron chi connectivity index (χ2n) is 3.49. The normalized spacial score (nSPS) is 12.0. The third-order valence-electron chi connectivity index (χ3n) is 2.21. The predicted molar refractivity (Wildman–Crippen MR) is 58.3 cm³/mol. The number of amides is 1. The van der Waals surface area contributed by atoms with Crippen LogP contribution in [0.4, 0.5) is 0 Å². The van der Waals surface area contributed by atoms with Gasteiger partial charge in [0, 0.05) is 0 Å². The molecule has 0 radical (unpaired) electrons. The fourth-order valence-corrected chi connectivity index (χ4v) is 1.33. The molecule has 0 bridgehead atoms. The summed E-state index contributed by atoms with van der Waals surface area (Å²) < 4.78 is 5.54. The summed E-state index contributed by atoms with van der Waals surface area (Å²) in [6.07, 6.45) is -0.588. The molecule has 0 aromatic heterocycles. The van der Waals surface area contributed by atoms with Crippen LogP contribution in [0.5, 0.6) is 5.75 Å². The Balaban J connectivity index is 2.85. The zero-order chi connectivity index (χ0) is 11.4. The van der Waals surface area contributed by atoms with Crippen molar-refractivity contribution in [3.8, 4) is 5.75 Å². The van der Waals surface area contributed by atoms with Gasteiger partial charge in [-0.2, -0.15) is 0 Å². The minimum atomic E-state index is -0.588. The molecule has 1 rings (SSSR count). The number of hydrogen-bond donors (Lipinski definition) is 2. The highest BCUT2D eigenvalue weighted by atomic mass is 16.5. The Morgan fingerprint density at radius 1 is 1.40 bits per heavy atom. The topological polar surface area (TPSA) is 64.3 Å². The number of hydrazine groups is 1. The van der Waals surface area contributed by atoms with Gasteiger partial charge in [-0.05, 0) is 31.9 Å². The smallest absolute Gasteiger partial charge is 0.274 e. The SMILES string of the molecule is Cc1cccc(C)c1OC(C)C(=O)NN. The van der Waals surface area contributed by atoms with Gasteiger partial charge in [0.15, 0.2) is 6.10 Å². The molecule has 3 N–H and O–H groups in total. The van der Waals surface area contributed by atoms with E-state index in [4.69, 9.17) is 10.6 Å². The van der Waals surface area contributed by atoms with E-state index in [2.05, 4.69) is 5.43 Å². The quantitative estimate of drug-likeness (QED) is 0.443. The summed E-state index contributed by atoms with van der Waals surface area (Å²) in [7, 11) is 0. The molecule has 0 saturated heterocycles. The van der Waals surface area contributed by atoms with E-state index >= 15 is 0 Å². The number of hydrogen-bond acceptors (Lipinski definition) is 3. The minimum Gasteiger partial charge on any atom is -0.480 e. The first-order valence-corrected chi connectivity index (χ1v) is 4.79. The highest BCUT2D eigenvalue weighted by molar-refractivity contribution is 5.80. The summed E-state index contributed by atoms with van der Waals surface area (Å²) in [5.41, 5.74) is 4.07. The van der Waals surface area contributed by atoms with E-state index in [1.165, 1.54) is 0 Å². The van der Waals surface area contributed by atoms with Crippen molar-refractivity contribution >= 4 is 5.91 Å². The molecule has 0 fully saturated rings. The largest absolute Gasteiger partial charge is 0.480 e. The van der Waals surface area contributed by atoms with Gasteiger partial charge in [-0.1, -0.05) is 18.2 Å². The average molecular weight is 208 g/mol. The molecule has 15 heavy (non-hydrogen) atoms. The van der Waals surface area contributed by atoms with Crippen LogP contribution in [0, 0.1) is 13.8 Å². The molecule has 1 aromatic rings. The first-order valence-electron chi connectivity index (χ1n) is 4.79. The van der Waals surface area contributed by atoms with Crippen LogP contribution in [0.2, 0.25) is 0 Å². The van der Waals surface area contributed by atoms with Gasteiger partial charge in [-0.15, -0.1) is 0 Å². The fraction of sp³-hybridized carbons (Fsp3) is 0.364. The summed E-state index contributed by atoms with van der Waals surface area (Å²) in [5.74, 6) is 5.43. The van der Waals surface area contributed by atoms with Gasteiger partial charge < -0.3 is 4.74 Å². The fourth-order valence-electron chi connectivity index (χ4n) is 1.33. The maximum absolute atomic E-state index is 11.2. The van der Waals surface area contributed by atoms with Crippen LogP contribution in [-0.2, 0) is 4.79 Å². The Morgan fingerprint density at radius 3 is 2.40 bits per heavy atom. The van der Waals surface area contributed by atoms with Crippen molar-refractivity contribution in [2.24, 2.45) is 5.84 Å². The lowest BCUT2D eigenvalue weighted by atomic mass is 10.1. The van der Waals surface area contributed by atoms with Gasteiger partial charge in [0.1, 0.15) is 5.75 Å². The van der Waals surface area contributed by atoms with Crippen LogP contribution in [-0.4, -0.2) is 12.0 Å². The molecule has 4 nitrogen and oxygen atoms in total. The lowest BCUT2D eigenvalue weighted by Gasteiger charge is -2.16. The zero-order valence-electron chi connectivity index (χ0n) is 9.20. The lowest BCUT2D eigenvalue weighted by Crippen LogP contribution is -2.40. The second kappa shape index (κ2) is 4.79. The van der Waals surface area contributed by atoms with Crippen molar-refractivity contribution in [2.45, 2.75) is 26.9 Å². The Labute approximate surface area is 89.4 Å². The van der Waals surface area contributed by atoms with Crippen molar-refractivity contribution in [3.05, 3.63) is 29.3 Å². The second-order valence-corrected chi connectivity index (χ2v) is 3.49. The van der Waals surface area contributed by atoms with Crippen LogP contribution in [0.25, 0.3) is 0 Å². The number of aryl methyl sites for hydroxylation is 2. The number of carbonyl (C=O) groups is 1. The van der Waals surface area contributed by atoms with Gasteiger partial charge in [0.25, 0.3) is 5.91 Å². The van der Waals surface area contributed by atoms with E-state index in [0.717, 1.165) is 16.9 Å². The Morgan fingerprint density at radius 2 is 1.93 bits per heavy atom. The maximum atomic E-state index is 11.2. The molecular weight excluding hydrogens is 192 g/mol. The van der Waals surface area contributed by atoms with Crippen molar-refractivity contribution in [1.82, 2.24) is 5.43 Å². The van der Waals surface area contributed by atoms with E-state index < -0.39 is 6.10 Å². The number of carbonyl (C=O) groups excluding carboxylic acids is 1. The van der Waals surface area contributed by atoms with Crippen LogP contribution >= 0.6 is 0 Å². The molecular formula is C11H16N2O2. The van der Waals surface area contributed by atoms with Crippen LogP contribution in [0.1, 0.15) is 18.1 Å². The van der Waals surface area contributed by atoms with Crippen molar-refractivity contribution < 1.29 is 9.53 Å². The molecule has 4 heteroatoms. The van der Waals surface area contributed by atoms with E-state index in [9.17, 15) is 4.79 Å². The van der Waals surface area contributed by atoms with Gasteiger partial charge in [-0.25, -0.2) is 5.84 Å². The number of ether oxygens (including phenoxy) is 1. The van der Waals surface area contributed by atoms with Gasteiger partial charge >= 0.3 is 0 Å². The summed E-state index contributed by atoms with van der Waals surface area (Å²) in [6.45, 7) is 5.54. The lowest BCUT2D eigenvalue weighted by molar-refractivity contribution is -0.127. The summed E-state index contributed by atoms with van der Waals surface area (Å²) in [6, 6.07) is 5.83. The number of rotatable bonds is 3. The van der Waals surface area contributed by atoms with Gasteiger partial charge in [-0.3, -0.25) is 10.2 Å². The van der Waals surface area contributed by atoms with E-state index in [1.54, 1.807) is 6.92 Å². The van der Waals surface area contributed by atoms with Crippen molar-refractivity contribution in [2.75, 3.05) is 0 Å². The molecule has 1 unspecified atom stereocenters. The Bertz CT molecular complexity index is 343. The monoisotopic (exact) mass is 208 g/mol. The number of nitrogens with one attached hydrogen (secondary N) is 1. The first-order chi connectivity index (χ1) is 7.06. The standard InChI is InChI=1S/C11H16N2O2/c1-7-5-4-6-8(2)10(7)15-9(3)11(14)13-12/h4-6,9H,12H2,1-3H3,(H,13,14). The highest BCUT2D eigenvalue weighted by Crippen LogP contribution is 2.23. The number of nitrogens with two attached hydrogens (primary N) is 1. The van der Waals surface area contributed by atoms with Gasteiger partial charge in [0.05, 0.1) is 0 Å². The predicted octanol–water partition coefficient (Wildman–Crippen LogP) is 1.06. The summed E-state index contributed by atoms with van der Waals surface area (Å²) >= 11 is 0.